The van der Waals surface area contributed by atoms with Gasteiger partial charge < -0.3 is 0 Å². The number of aryl methyl sites for hydroxylation is 1. The zero-order chi connectivity index (χ0) is 22.9. The third-order valence-electron chi connectivity index (χ3n) is 6.68. The van der Waals surface area contributed by atoms with Crippen molar-refractivity contribution in [3.8, 4) is 33.4 Å². The van der Waals surface area contributed by atoms with Crippen LogP contribution in [0.2, 0.25) is 0 Å². The highest BCUT2D eigenvalue weighted by molar-refractivity contribution is 5.91. The van der Waals surface area contributed by atoms with Gasteiger partial charge in [-0.1, -0.05) is 97.9 Å². The van der Waals surface area contributed by atoms with Crippen LogP contribution < -0.4 is 0 Å². The molecule has 1 nitrogen and oxygen atoms in total. The topological polar surface area (TPSA) is 12.9 Å². The molecule has 0 saturated heterocycles. The maximum Gasteiger partial charge on any atom is 0.0702 e. The van der Waals surface area contributed by atoms with Gasteiger partial charge in [-0.05, 0) is 74.8 Å². The van der Waals surface area contributed by atoms with Gasteiger partial charge in [0.1, 0.15) is 0 Å². The van der Waals surface area contributed by atoms with E-state index >= 15 is 0 Å². The minimum atomic E-state index is 1.03. The van der Waals surface area contributed by atoms with Crippen molar-refractivity contribution in [1.82, 2.24) is 4.98 Å². The van der Waals surface area contributed by atoms with Crippen LogP contribution in [0.3, 0.4) is 0 Å². The lowest BCUT2D eigenvalue weighted by Gasteiger charge is -2.09. The highest BCUT2D eigenvalue weighted by Crippen LogP contribution is 2.30. The van der Waals surface area contributed by atoms with Gasteiger partial charge in [0.15, 0.2) is 0 Å². The van der Waals surface area contributed by atoms with Gasteiger partial charge in [-0.2, -0.15) is 0 Å². The summed E-state index contributed by atoms with van der Waals surface area (Å²) in [4.78, 5) is 4.62. The fourth-order valence-electron chi connectivity index (χ4n) is 4.62. The molecule has 6 rings (SSSR count). The van der Waals surface area contributed by atoms with Crippen molar-refractivity contribution >= 4 is 21.7 Å². The molecule has 0 atom stereocenters. The Hall–Kier alpha value is -4.23. The Morgan fingerprint density at radius 2 is 1.00 bits per heavy atom. The first-order valence-electron chi connectivity index (χ1n) is 11.9. The molecule has 162 valence electrons. The molecule has 0 aliphatic rings. The number of pyridine rings is 1. The molecule has 0 N–H and O–H groups in total. The predicted molar refractivity (Wildman–Crippen MR) is 145 cm³/mol. The van der Waals surface area contributed by atoms with E-state index in [1.54, 1.807) is 0 Å². The van der Waals surface area contributed by atoms with Crippen molar-refractivity contribution in [3.63, 3.8) is 0 Å². The average Bonchev–Trinajstić information content (AvgIpc) is 2.92. The number of fused-ring (bicyclic) bond motifs is 2. The van der Waals surface area contributed by atoms with Crippen molar-refractivity contribution in [3.05, 3.63) is 127 Å². The van der Waals surface area contributed by atoms with Crippen LogP contribution in [0.25, 0.3) is 55.1 Å². The van der Waals surface area contributed by atoms with Crippen LogP contribution in [0.4, 0.5) is 0 Å². The number of aromatic nitrogens is 1. The second kappa shape index (κ2) is 8.61. The molecule has 1 aromatic heterocycles. The largest absolute Gasteiger partial charge is 0.256 e. The van der Waals surface area contributed by atoms with Gasteiger partial charge in [0, 0.05) is 17.1 Å². The summed E-state index contributed by atoms with van der Waals surface area (Å²) < 4.78 is 0. The predicted octanol–water partition coefficient (Wildman–Crippen LogP) is 8.95. The normalized spacial score (nSPS) is 11.2. The third-order valence-corrected chi connectivity index (χ3v) is 6.68. The van der Waals surface area contributed by atoms with Crippen LogP contribution in [0, 0.1) is 0 Å². The molecule has 0 bridgehead atoms. The molecule has 1 heteroatoms. The maximum absolute atomic E-state index is 4.62. The molecule has 34 heavy (non-hydrogen) atoms. The number of para-hydroxylation sites is 1. The SMILES string of the molecule is CCc1ccc(-c2ccc3ccc(-c4ccc(-c5cnc6ccccc6c5)cc4)cc3c2)cc1. The number of hydrogen-bond donors (Lipinski definition) is 0. The van der Waals surface area contributed by atoms with Crippen LogP contribution in [-0.2, 0) is 6.42 Å². The Kier molecular flexibility index (Phi) is 5.16. The maximum atomic E-state index is 4.62. The average molecular weight is 436 g/mol. The summed E-state index contributed by atoms with van der Waals surface area (Å²) in [6, 6.07) is 41.6. The standard InChI is InChI=1S/C33H25N/c1-2-23-7-9-24(10-8-23)28-17-15-26-16-18-29(20-31(26)19-28)25-11-13-27(14-12-25)32-21-30-5-3-4-6-33(30)34-22-32/h3-22H,2H2,1H3. The number of benzene rings is 5. The van der Waals surface area contributed by atoms with Crippen molar-refractivity contribution in [2.45, 2.75) is 13.3 Å². The molecule has 0 unspecified atom stereocenters. The quantitative estimate of drug-likeness (QED) is 0.269. The van der Waals surface area contributed by atoms with Gasteiger partial charge in [-0.15, -0.1) is 0 Å². The number of hydrogen-bond acceptors (Lipinski definition) is 1. The molecule has 0 radical (unpaired) electrons. The summed E-state index contributed by atoms with van der Waals surface area (Å²) >= 11 is 0. The van der Waals surface area contributed by atoms with Crippen LogP contribution in [-0.4, -0.2) is 4.98 Å². The summed E-state index contributed by atoms with van der Waals surface area (Å²) in [7, 11) is 0. The molecule has 0 saturated carbocycles. The monoisotopic (exact) mass is 435 g/mol. The minimum absolute atomic E-state index is 1.03. The van der Waals surface area contributed by atoms with E-state index in [1.807, 2.05) is 18.3 Å². The van der Waals surface area contributed by atoms with E-state index in [0.717, 1.165) is 17.5 Å². The zero-order valence-electron chi connectivity index (χ0n) is 19.2. The van der Waals surface area contributed by atoms with Gasteiger partial charge >= 0.3 is 0 Å². The Morgan fingerprint density at radius 3 is 1.65 bits per heavy atom. The molecule has 6 aromatic rings. The highest BCUT2D eigenvalue weighted by Gasteiger charge is 2.05. The lowest BCUT2D eigenvalue weighted by atomic mass is 9.96. The van der Waals surface area contributed by atoms with Gasteiger partial charge in [0.25, 0.3) is 0 Å². The van der Waals surface area contributed by atoms with Gasteiger partial charge in [0.05, 0.1) is 5.52 Å². The fourth-order valence-corrected chi connectivity index (χ4v) is 4.62. The highest BCUT2D eigenvalue weighted by atomic mass is 14.6. The van der Waals surface area contributed by atoms with Crippen LogP contribution >= 0.6 is 0 Å². The van der Waals surface area contributed by atoms with E-state index in [2.05, 4.69) is 115 Å². The van der Waals surface area contributed by atoms with Gasteiger partial charge in [-0.25, -0.2) is 0 Å². The Morgan fingerprint density at radius 1 is 0.471 bits per heavy atom. The van der Waals surface area contributed by atoms with Crippen LogP contribution in [0.5, 0.6) is 0 Å². The molecule has 1 heterocycles. The summed E-state index contributed by atoms with van der Waals surface area (Å²) in [5, 5.41) is 3.69. The fraction of sp³-hybridized carbons (Fsp3) is 0.0606. The van der Waals surface area contributed by atoms with E-state index in [-0.39, 0.29) is 0 Å². The number of rotatable bonds is 4. The molecule has 0 amide bonds. The first kappa shape index (κ1) is 20.4. The third kappa shape index (κ3) is 3.86. The van der Waals surface area contributed by atoms with Crippen molar-refractivity contribution in [2.75, 3.05) is 0 Å². The number of nitrogens with zero attached hydrogens (tertiary/aromatic N) is 1. The van der Waals surface area contributed by atoms with Crippen molar-refractivity contribution < 1.29 is 0 Å². The zero-order valence-corrected chi connectivity index (χ0v) is 19.2. The molecule has 0 spiro atoms. The van der Waals surface area contributed by atoms with E-state index in [4.69, 9.17) is 0 Å². The summed E-state index contributed by atoms with van der Waals surface area (Å²) in [5.41, 5.74) is 9.69. The Labute approximate surface area is 200 Å². The van der Waals surface area contributed by atoms with Gasteiger partial charge in [0.2, 0.25) is 0 Å². The van der Waals surface area contributed by atoms with E-state index < -0.39 is 0 Å². The van der Waals surface area contributed by atoms with Crippen LogP contribution in [0.1, 0.15) is 12.5 Å². The van der Waals surface area contributed by atoms with Gasteiger partial charge in [-0.3, -0.25) is 4.98 Å². The van der Waals surface area contributed by atoms with E-state index in [0.29, 0.717) is 0 Å². The smallest absolute Gasteiger partial charge is 0.0702 e. The minimum Gasteiger partial charge on any atom is -0.256 e. The van der Waals surface area contributed by atoms with E-state index in [1.165, 1.54) is 49.5 Å². The molecule has 0 aliphatic carbocycles. The van der Waals surface area contributed by atoms with Crippen molar-refractivity contribution in [2.24, 2.45) is 0 Å². The Balaban J connectivity index is 1.32. The molecular weight excluding hydrogens is 410 g/mol. The second-order valence-corrected chi connectivity index (χ2v) is 8.82. The molecule has 0 fully saturated rings. The lowest BCUT2D eigenvalue weighted by molar-refractivity contribution is 1.14. The summed E-state index contributed by atoms with van der Waals surface area (Å²) in [6.45, 7) is 2.19. The van der Waals surface area contributed by atoms with E-state index in [9.17, 15) is 0 Å². The van der Waals surface area contributed by atoms with Crippen LogP contribution in [0.15, 0.2) is 121 Å². The first-order chi connectivity index (χ1) is 16.8. The molecular formula is C33H25N. The molecule has 0 aliphatic heterocycles. The first-order valence-corrected chi connectivity index (χ1v) is 11.9. The second-order valence-electron chi connectivity index (χ2n) is 8.82. The Bertz CT molecular complexity index is 1610. The summed E-state index contributed by atoms with van der Waals surface area (Å²) in [5.74, 6) is 0. The lowest BCUT2D eigenvalue weighted by Crippen LogP contribution is -1.85. The molecule has 5 aromatic carbocycles. The summed E-state index contributed by atoms with van der Waals surface area (Å²) in [6.07, 6.45) is 3.03. The van der Waals surface area contributed by atoms with Crippen molar-refractivity contribution in [1.29, 1.82) is 0 Å².